The molecule has 0 aromatic heterocycles. The van der Waals surface area contributed by atoms with E-state index in [1.165, 1.54) is 22.3 Å². The van der Waals surface area contributed by atoms with Crippen LogP contribution in [0.1, 0.15) is 41.6 Å². The zero-order valence-corrected chi connectivity index (χ0v) is 10.2. The summed E-state index contributed by atoms with van der Waals surface area (Å²) in [5, 5.41) is 0. The van der Waals surface area contributed by atoms with E-state index < -0.39 is 0 Å². The van der Waals surface area contributed by atoms with Crippen LogP contribution in [-0.4, -0.2) is 0 Å². The van der Waals surface area contributed by atoms with Crippen LogP contribution >= 0.6 is 0 Å². The number of hydrogen-bond acceptors (Lipinski definition) is 1. The van der Waals surface area contributed by atoms with Gasteiger partial charge in [-0.2, -0.15) is 0 Å². The number of benzene rings is 1. The number of hydrogen-bond donors (Lipinski definition) is 1. The number of nitrogens with two attached hydrogens (primary N) is 1. The normalized spacial score (nSPS) is 12.6. The molecule has 15 heavy (non-hydrogen) atoms. The Balaban J connectivity index is 3.08. The molecule has 82 valence electrons. The van der Waals surface area contributed by atoms with E-state index in [-0.39, 0.29) is 6.04 Å². The predicted molar refractivity (Wildman–Crippen MR) is 67.0 cm³/mol. The Hall–Kier alpha value is -1.08. The van der Waals surface area contributed by atoms with Crippen LogP contribution in [0.2, 0.25) is 0 Å². The van der Waals surface area contributed by atoms with Gasteiger partial charge in [0, 0.05) is 6.04 Å². The molecule has 0 amide bonds. The minimum absolute atomic E-state index is 0.0862. The SMILES string of the molecule is C=C(C)C[C@@H](N)c1c(C)cc(C)cc1C. The smallest absolute Gasteiger partial charge is 0.0337 e. The molecule has 0 radical (unpaired) electrons. The summed E-state index contributed by atoms with van der Waals surface area (Å²) >= 11 is 0. The topological polar surface area (TPSA) is 26.0 Å². The molecule has 1 nitrogen and oxygen atoms in total. The lowest BCUT2D eigenvalue weighted by atomic mass is 9.91. The summed E-state index contributed by atoms with van der Waals surface area (Å²) in [5.74, 6) is 0. The molecule has 0 saturated carbocycles. The third kappa shape index (κ3) is 2.93. The Labute approximate surface area is 93.0 Å². The molecule has 0 aliphatic carbocycles. The highest BCUT2D eigenvalue weighted by Crippen LogP contribution is 2.25. The van der Waals surface area contributed by atoms with E-state index in [0.29, 0.717) is 0 Å². The molecule has 2 N–H and O–H groups in total. The first kappa shape index (κ1) is 12.0. The lowest BCUT2D eigenvalue weighted by Gasteiger charge is -2.18. The molecule has 1 atom stereocenters. The maximum absolute atomic E-state index is 6.19. The molecule has 1 aromatic carbocycles. The molecule has 0 bridgehead atoms. The van der Waals surface area contributed by atoms with Gasteiger partial charge in [-0.1, -0.05) is 23.3 Å². The van der Waals surface area contributed by atoms with Crippen molar-refractivity contribution in [3.05, 3.63) is 46.5 Å². The van der Waals surface area contributed by atoms with Crippen molar-refractivity contribution in [1.29, 1.82) is 0 Å². The average molecular weight is 203 g/mol. The van der Waals surface area contributed by atoms with Crippen LogP contribution in [0.3, 0.4) is 0 Å². The molecule has 0 heterocycles. The van der Waals surface area contributed by atoms with Crippen molar-refractivity contribution in [3.8, 4) is 0 Å². The summed E-state index contributed by atoms with van der Waals surface area (Å²) in [7, 11) is 0. The fraction of sp³-hybridized carbons (Fsp3) is 0.429. The zero-order valence-electron chi connectivity index (χ0n) is 10.2. The van der Waals surface area contributed by atoms with Gasteiger partial charge in [-0.25, -0.2) is 0 Å². The van der Waals surface area contributed by atoms with Gasteiger partial charge in [0.15, 0.2) is 0 Å². The van der Waals surface area contributed by atoms with E-state index in [1.54, 1.807) is 0 Å². The molecule has 0 saturated heterocycles. The van der Waals surface area contributed by atoms with Crippen molar-refractivity contribution < 1.29 is 0 Å². The molecular weight excluding hydrogens is 182 g/mol. The van der Waals surface area contributed by atoms with Gasteiger partial charge >= 0.3 is 0 Å². The lowest BCUT2D eigenvalue weighted by molar-refractivity contribution is 0.706. The highest BCUT2D eigenvalue weighted by molar-refractivity contribution is 5.39. The second kappa shape index (κ2) is 4.63. The first-order chi connectivity index (χ1) is 6.91. The minimum Gasteiger partial charge on any atom is -0.324 e. The third-order valence-corrected chi connectivity index (χ3v) is 2.68. The molecule has 0 fully saturated rings. The molecule has 0 aliphatic rings. The maximum Gasteiger partial charge on any atom is 0.0337 e. The van der Waals surface area contributed by atoms with Crippen molar-refractivity contribution >= 4 is 0 Å². The van der Waals surface area contributed by atoms with Gasteiger partial charge in [-0.15, -0.1) is 6.58 Å². The Morgan fingerprint density at radius 2 is 1.73 bits per heavy atom. The van der Waals surface area contributed by atoms with Crippen LogP contribution in [0.4, 0.5) is 0 Å². The van der Waals surface area contributed by atoms with Crippen LogP contribution in [0.15, 0.2) is 24.3 Å². The average Bonchev–Trinajstić information content (AvgIpc) is 1.99. The number of aryl methyl sites for hydroxylation is 3. The van der Waals surface area contributed by atoms with Gasteiger partial charge in [0.25, 0.3) is 0 Å². The van der Waals surface area contributed by atoms with Gasteiger partial charge in [0.1, 0.15) is 0 Å². The molecule has 0 aliphatic heterocycles. The van der Waals surface area contributed by atoms with Crippen molar-refractivity contribution in [1.82, 2.24) is 0 Å². The van der Waals surface area contributed by atoms with Crippen molar-refractivity contribution in [2.45, 2.75) is 40.2 Å². The van der Waals surface area contributed by atoms with Gasteiger partial charge < -0.3 is 5.73 Å². The van der Waals surface area contributed by atoms with E-state index in [4.69, 9.17) is 5.73 Å². The fourth-order valence-corrected chi connectivity index (χ4v) is 2.25. The molecule has 0 unspecified atom stereocenters. The van der Waals surface area contributed by atoms with E-state index in [9.17, 15) is 0 Å². The maximum atomic E-state index is 6.19. The summed E-state index contributed by atoms with van der Waals surface area (Å²) in [6, 6.07) is 4.48. The zero-order chi connectivity index (χ0) is 11.6. The Morgan fingerprint density at radius 1 is 1.27 bits per heavy atom. The van der Waals surface area contributed by atoms with E-state index in [1.807, 2.05) is 6.92 Å². The predicted octanol–water partition coefficient (Wildman–Crippen LogP) is 3.58. The molecule has 1 rings (SSSR count). The van der Waals surface area contributed by atoms with Crippen LogP contribution < -0.4 is 5.73 Å². The third-order valence-electron chi connectivity index (χ3n) is 2.68. The summed E-state index contributed by atoms with van der Waals surface area (Å²) in [6.07, 6.45) is 0.866. The van der Waals surface area contributed by atoms with Gasteiger partial charge in [0.05, 0.1) is 0 Å². The lowest BCUT2D eigenvalue weighted by Crippen LogP contribution is -2.13. The quantitative estimate of drug-likeness (QED) is 0.747. The molecule has 1 aromatic rings. The second-order valence-electron chi connectivity index (χ2n) is 4.58. The van der Waals surface area contributed by atoms with E-state index >= 15 is 0 Å². The van der Waals surface area contributed by atoms with Gasteiger partial charge in [-0.05, 0) is 50.8 Å². The Bertz CT molecular complexity index is 354. The van der Waals surface area contributed by atoms with Crippen LogP contribution in [-0.2, 0) is 0 Å². The van der Waals surface area contributed by atoms with Crippen LogP contribution in [0.25, 0.3) is 0 Å². The van der Waals surface area contributed by atoms with E-state index in [2.05, 4.69) is 39.5 Å². The highest BCUT2D eigenvalue weighted by atomic mass is 14.6. The highest BCUT2D eigenvalue weighted by Gasteiger charge is 2.12. The Kier molecular flexibility index (Phi) is 3.70. The van der Waals surface area contributed by atoms with Crippen molar-refractivity contribution in [2.24, 2.45) is 5.73 Å². The molecule has 1 heteroatoms. The summed E-state index contributed by atoms with van der Waals surface area (Å²) < 4.78 is 0. The summed E-state index contributed by atoms with van der Waals surface area (Å²) in [6.45, 7) is 12.3. The number of rotatable bonds is 3. The summed E-state index contributed by atoms with van der Waals surface area (Å²) in [4.78, 5) is 0. The largest absolute Gasteiger partial charge is 0.324 e. The van der Waals surface area contributed by atoms with Gasteiger partial charge in [-0.3, -0.25) is 0 Å². The first-order valence-corrected chi connectivity index (χ1v) is 5.39. The van der Waals surface area contributed by atoms with Gasteiger partial charge in [0.2, 0.25) is 0 Å². The standard InChI is InChI=1S/C14H21N/c1-9(2)6-13(15)14-11(4)7-10(3)8-12(14)5/h7-8,13H,1,6,15H2,2-5H3/t13-/m1/s1. The van der Waals surface area contributed by atoms with E-state index in [0.717, 1.165) is 12.0 Å². The van der Waals surface area contributed by atoms with Crippen LogP contribution in [0, 0.1) is 20.8 Å². The minimum atomic E-state index is 0.0862. The fourth-order valence-electron chi connectivity index (χ4n) is 2.25. The summed E-state index contributed by atoms with van der Waals surface area (Å²) in [5.41, 5.74) is 12.5. The first-order valence-electron chi connectivity index (χ1n) is 5.39. The molecular formula is C14H21N. The molecule has 0 spiro atoms. The van der Waals surface area contributed by atoms with Crippen molar-refractivity contribution in [2.75, 3.05) is 0 Å². The van der Waals surface area contributed by atoms with Crippen molar-refractivity contribution in [3.63, 3.8) is 0 Å². The Morgan fingerprint density at radius 3 is 2.13 bits per heavy atom. The second-order valence-corrected chi connectivity index (χ2v) is 4.58. The van der Waals surface area contributed by atoms with Crippen LogP contribution in [0.5, 0.6) is 0 Å². The monoisotopic (exact) mass is 203 g/mol.